The van der Waals surface area contributed by atoms with Crippen LogP contribution in [0.2, 0.25) is 5.02 Å². The molecule has 0 radical (unpaired) electrons. The quantitative estimate of drug-likeness (QED) is 0.509. The Bertz CT molecular complexity index is 692. The minimum absolute atomic E-state index is 0.0275. The van der Waals surface area contributed by atoms with Crippen molar-refractivity contribution in [2.24, 2.45) is 0 Å². The number of ketones is 1. The van der Waals surface area contributed by atoms with Gasteiger partial charge in [-0.05, 0) is 36.4 Å². The molecule has 0 amide bonds. The standard InChI is InChI=1S/C14H8ClF4NO/c15-9-3-8(4-10(20)6-9)13(21)7-1-2-12(16)11(5-7)14(17,18)19/h1-6H,20H2. The molecule has 7 heteroatoms. The number of carbonyl (C=O) groups is 1. The third-order valence-corrected chi connectivity index (χ3v) is 2.93. The number of alkyl halides is 3. The van der Waals surface area contributed by atoms with E-state index in [2.05, 4.69) is 0 Å². The molecule has 0 saturated carbocycles. The average molecular weight is 318 g/mol. The van der Waals surface area contributed by atoms with E-state index >= 15 is 0 Å². The third kappa shape index (κ3) is 3.33. The largest absolute Gasteiger partial charge is 0.419 e. The minimum atomic E-state index is -4.88. The lowest BCUT2D eigenvalue weighted by molar-refractivity contribution is -0.140. The number of carbonyl (C=O) groups excluding carboxylic acids is 1. The molecular weight excluding hydrogens is 310 g/mol. The molecule has 2 aromatic rings. The van der Waals surface area contributed by atoms with Gasteiger partial charge >= 0.3 is 6.18 Å². The van der Waals surface area contributed by atoms with Crippen LogP contribution in [0, 0.1) is 5.82 Å². The van der Waals surface area contributed by atoms with E-state index in [1.165, 1.54) is 18.2 Å². The van der Waals surface area contributed by atoms with Gasteiger partial charge in [-0.3, -0.25) is 4.79 Å². The number of nitrogen functional groups attached to an aromatic ring is 1. The Morgan fingerprint density at radius 3 is 2.29 bits per heavy atom. The van der Waals surface area contributed by atoms with Crippen LogP contribution in [0.4, 0.5) is 23.2 Å². The van der Waals surface area contributed by atoms with Crippen molar-refractivity contribution in [2.45, 2.75) is 6.18 Å². The molecule has 0 atom stereocenters. The Kier molecular flexibility index (Phi) is 3.91. The molecule has 0 fully saturated rings. The zero-order chi connectivity index (χ0) is 15.8. The van der Waals surface area contributed by atoms with E-state index in [4.69, 9.17) is 17.3 Å². The van der Waals surface area contributed by atoms with Crippen LogP contribution in [0.5, 0.6) is 0 Å². The number of halogens is 5. The van der Waals surface area contributed by atoms with Gasteiger partial charge in [0.1, 0.15) is 5.82 Å². The van der Waals surface area contributed by atoms with Crippen molar-refractivity contribution in [1.82, 2.24) is 0 Å². The molecule has 0 aromatic heterocycles. The average Bonchev–Trinajstić information content (AvgIpc) is 2.36. The maximum Gasteiger partial charge on any atom is 0.419 e. The van der Waals surface area contributed by atoms with Crippen LogP contribution < -0.4 is 5.73 Å². The first kappa shape index (κ1) is 15.3. The molecule has 0 aliphatic rings. The molecule has 0 heterocycles. The summed E-state index contributed by atoms with van der Waals surface area (Å²) in [5, 5.41) is 0.177. The first-order chi connectivity index (χ1) is 9.68. The third-order valence-electron chi connectivity index (χ3n) is 2.72. The number of hydrogen-bond donors (Lipinski definition) is 1. The Hall–Kier alpha value is -2.08. The molecule has 0 aliphatic heterocycles. The van der Waals surface area contributed by atoms with Gasteiger partial charge in [0.2, 0.25) is 0 Å². The summed E-state index contributed by atoms with van der Waals surface area (Å²) in [5.74, 6) is -2.17. The SMILES string of the molecule is Nc1cc(Cl)cc(C(=O)c2ccc(F)c(C(F)(F)F)c2)c1. The molecule has 0 bridgehead atoms. The molecular formula is C14H8ClF4NO. The smallest absolute Gasteiger partial charge is 0.399 e. The van der Waals surface area contributed by atoms with E-state index in [0.29, 0.717) is 12.1 Å². The predicted octanol–water partition coefficient (Wildman–Crippen LogP) is 4.31. The highest BCUT2D eigenvalue weighted by Gasteiger charge is 2.34. The van der Waals surface area contributed by atoms with Crippen LogP contribution in [-0.4, -0.2) is 5.78 Å². The molecule has 0 unspecified atom stereocenters. The molecule has 2 rings (SSSR count). The van der Waals surface area contributed by atoms with E-state index in [1.807, 2.05) is 0 Å². The highest BCUT2D eigenvalue weighted by Crippen LogP contribution is 2.32. The zero-order valence-electron chi connectivity index (χ0n) is 10.3. The van der Waals surface area contributed by atoms with Crippen LogP contribution >= 0.6 is 11.6 Å². The van der Waals surface area contributed by atoms with Gasteiger partial charge in [-0.1, -0.05) is 11.6 Å². The topological polar surface area (TPSA) is 43.1 Å². The summed E-state index contributed by atoms with van der Waals surface area (Å²) in [5.41, 5.74) is 3.95. The van der Waals surface area contributed by atoms with Gasteiger partial charge in [-0.25, -0.2) is 4.39 Å². The predicted molar refractivity (Wildman–Crippen MR) is 70.7 cm³/mol. The second-order valence-corrected chi connectivity index (χ2v) is 4.73. The number of benzene rings is 2. The summed E-state index contributed by atoms with van der Waals surface area (Å²) in [6.07, 6.45) is -4.88. The molecule has 2 nitrogen and oxygen atoms in total. The van der Waals surface area contributed by atoms with E-state index < -0.39 is 23.3 Å². The van der Waals surface area contributed by atoms with Crippen molar-refractivity contribution >= 4 is 23.1 Å². The monoisotopic (exact) mass is 317 g/mol. The van der Waals surface area contributed by atoms with Gasteiger partial charge in [0.25, 0.3) is 0 Å². The lowest BCUT2D eigenvalue weighted by Crippen LogP contribution is -2.11. The summed E-state index contributed by atoms with van der Waals surface area (Å²) in [6.45, 7) is 0. The van der Waals surface area contributed by atoms with Crippen molar-refractivity contribution < 1.29 is 22.4 Å². The molecule has 0 aliphatic carbocycles. The van der Waals surface area contributed by atoms with Crippen molar-refractivity contribution in [3.05, 3.63) is 63.9 Å². The maximum absolute atomic E-state index is 13.2. The fraction of sp³-hybridized carbons (Fsp3) is 0.0714. The summed E-state index contributed by atoms with van der Waals surface area (Å²) in [4.78, 5) is 12.1. The molecule has 0 spiro atoms. The fourth-order valence-corrected chi connectivity index (χ4v) is 2.04. The molecule has 0 saturated heterocycles. The van der Waals surface area contributed by atoms with Crippen LogP contribution in [0.25, 0.3) is 0 Å². The highest BCUT2D eigenvalue weighted by atomic mass is 35.5. The van der Waals surface area contributed by atoms with E-state index in [-0.39, 0.29) is 21.8 Å². The van der Waals surface area contributed by atoms with Crippen molar-refractivity contribution in [3.8, 4) is 0 Å². The number of anilines is 1. The number of rotatable bonds is 2. The lowest BCUT2D eigenvalue weighted by atomic mass is 10.0. The van der Waals surface area contributed by atoms with Crippen molar-refractivity contribution in [2.75, 3.05) is 5.73 Å². The van der Waals surface area contributed by atoms with E-state index in [1.54, 1.807) is 0 Å². The van der Waals surface area contributed by atoms with Crippen molar-refractivity contribution in [3.63, 3.8) is 0 Å². The van der Waals surface area contributed by atoms with Crippen LogP contribution in [0.15, 0.2) is 36.4 Å². The lowest BCUT2D eigenvalue weighted by Gasteiger charge is -2.10. The van der Waals surface area contributed by atoms with Crippen molar-refractivity contribution in [1.29, 1.82) is 0 Å². The number of nitrogens with two attached hydrogens (primary N) is 1. The molecule has 2 N–H and O–H groups in total. The molecule has 21 heavy (non-hydrogen) atoms. The Morgan fingerprint density at radius 2 is 1.71 bits per heavy atom. The molecule has 2 aromatic carbocycles. The zero-order valence-corrected chi connectivity index (χ0v) is 11.1. The second kappa shape index (κ2) is 5.37. The second-order valence-electron chi connectivity index (χ2n) is 4.29. The van der Waals surface area contributed by atoms with Gasteiger partial charge in [-0.2, -0.15) is 13.2 Å². The van der Waals surface area contributed by atoms with Gasteiger partial charge in [0, 0.05) is 21.8 Å². The fourth-order valence-electron chi connectivity index (χ4n) is 1.79. The van der Waals surface area contributed by atoms with E-state index in [9.17, 15) is 22.4 Å². The number of hydrogen-bond acceptors (Lipinski definition) is 2. The molecule has 110 valence electrons. The van der Waals surface area contributed by atoms with Gasteiger partial charge < -0.3 is 5.73 Å². The van der Waals surface area contributed by atoms with Crippen LogP contribution in [-0.2, 0) is 6.18 Å². The summed E-state index contributed by atoms with van der Waals surface area (Å²) in [7, 11) is 0. The minimum Gasteiger partial charge on any atom is -0.399 e. The summed E-state index contributed by atoms with van der Waals surface area (Å²) < 4.78 is 51.1. The maximum atomic E-state index is 13.2. The highest BCUT2D eigenvalue weighted by molar-refractivity contribution is 6.31. The van der Waals surface area contributed by atoms with E-state index in [0.717, 1.165) is 6.07 Å². The Balaban J connectivity index is 2.49. The van der Waals surface area contributed by atoms with Crippen LogP contribution in [0.3, 0.4) is 0 Å². The first-order valence-electron chi connectivity index (χ1n) is 5.66. The first-order valence-corrected chi connectivity index (χ1v) is 6.04. The Morgan fingerprint density at radius 1 is 1.05 bits per heavy atom. The normalized spacial score (nSPS) is 11.5. The van der Waals surface area contributed by atoms with Gasteiger partial charge in [0.05, 0.1) is 5.56 Å². The van der Waals surface area contributed by atoms with Gasteiger partial charge in [0.15, 0.2) is 5.78 Å². The summed E-state index contributed by atoms with van der Waals surface area (Å²) >= 11 is 5.74. The van der Waals surface area contributed by atoms with Crippen LogP contribution in [0.1, 0.15) is 21.5 Å². The summed E-state index contributed by atoms with van der Waals surface area (Å²) in [6, 6.07) is 5.99. The van der Waals surface area contributed by atoms with Gasteiger partial charge in [-0.15, -0.1) is 0 Å². The Labute approximate surface area is 122 Å².